The second kappa shape index (κ2) is 2.90. The van der Waals surface area contributed by atoms with Crippen molar-refractivity contribution in [2.75, 3.05) is 0 Å². The summed E-state index contributed by atoms with van der Waals surface area (Å²) in [5.41, 5.74) is 1.29. The molecule has 0 N–H and O–H groups in total. The molecule has 0 aliphatic carbocycles. The van der Waals surface area contributed by atoms with Crippen LogP contribution in [0.5, 0.6) is 0 Å². The first kappa shape index (κ1) is 7.81. The molecule has 0 aliphatic heterocycles. The number of halogens is 1. The monoisotopic (exact) mass is 219 g/mol. The number of hydrogen-bond donors (Lipinski definition) is 0. The maximum atomic E-state index is 4.08. The molecule has 0 fully saturated rings. The highest BCUT2D eigenvalue weighted by molar-refractivity contribution is 9.10. The van der Waals surface area contributed by atoms with Crippen LogP contribution in [0, 0.1) is 0 Å². The summed E-state index contributed by atoms with van der Waals surface area (Å²) in [4.78, 5) is 4.08. The van der Waals surface area contributed by atoms with Gasteiger partial charge >= 0.3 is 0 Å². The maximum Gasteiger partial charge on any atom is 0.140 e. The highest BCUT2D eigenvalue weighted by Crippen LogP contribution is 2.20. The molecule has 0 saturated heterocycles. The summed E-state index contributed by atoms with van der Waals surface area (Å²) in [5.74, 6) is 0. The third-order valence-corrected chi connectivity index (χ3v) is 2.67. The van der Waals surface area contributed by atoms with Gasteiger partial charge < -0.3 is 0 Å². The molecule has 0 radical (unpaired) electrons. The number of pyridine rings is 1. The lowest BCUT2D eigenvalue weighted by Gasteiger charge is -2.02. The summed E-state index contributed by atoms with van der Waals surface area (Å²) in [5, 5.41) is 2.44. The Kier molecular flexibility index (Phi) is 1.89. The number of hydrogen-bond acceptors (Lipinski definition) is 1. The van der Waals surface area contributed by atoms with Gasteiger partial charge in [0.15, 0.2) is 0 Å². The lowest BCUT2D eigenvalue weighted by atomic mass is 9.91. The Hall–Kier alpha value is -0.825. The smallest absolute Gasteiger partial charge is 0.140 e. The van der Waals surface area contributed by atoms with Gasteiger partial charge in [-0.25, -0.2) is 0 Å². The van der Waals surface area contributed by atoms with E-state index in [0.717, 1.165) is 4.47 Å². The molecule has 58 valence electrons. The predicted molar refractivity (Wildman–Crippen MR) is 57.6 cm³/mol. The van der Waals surface area contributed by atoms with Crippen molar-refractivity contribution < 1.29 is 0 Å². The molecule has 2 aromatic rings. The van der Waals surface area contributed by atoms with E-state index in [4.69, 9.17) is 0 Å². The Bertz CT molecular complexity index is 387. The van der Waals surface area contributed by atoms with E-state index < -0.39 is 0 Å². The van der Waals surface area contributed by atoms with Crippen molar-refractivity contribution >= 4 is 40.0 Å². The Morgan fingerprint density at radius 2 is 2.00 bits per heavy atom. The largest absolute Gasteiger partial charge is 0.264 e. The molecule has 0 amide bonds. The molecular formula is C9H7BBrN. The average molecular weight is 220 g/mol. The summed E-state index contributed by atoms with van der Waals surface area (Å²) < 4.78 is 1.11. The molecule has 1 aromatic carbocycles. The van der Waals surface area contributed by atoms with Gasteiger partial charge in [0.1, 0.15) is 7.85 Å². The van der Waals surface area contributed by atoms with Crippen LogP contribution in [0.2, 0.25) is 0 Å². The average Bonchev–Trinajstić information content (AvgIpc) is 2.12. The van der Waals surface area contributed by atoms with E-state index >= 15 is 0 Å². The van der Waals surface area contributed by atoms with Gasteiger partial charge in [0.25, 0.3) is 0 Å². The molecule has 1 heterocycles. The molecule has 0 unspecified atom stereocenters. The van der Waals surface area contributed by atoms with E-state index in [0.29, 0.717) is 0 Å². The van der Waals surface area contributed by atoms with Crippen molar-refractivity contribution in [1.82, 2.24) is 4.98 Å². The van der Waals surface area contributed by atoms with Crippen molar-refractivity contribution in [3.63, 3.8) is 0 Å². The second-order valence-electron chi connectivity index (χ2n) is 2.79. The van der Waals surface area contributed by atoms with Crippen molar-refractivity contribution in [3.05, 3.63) is 35.1 Å². The maximum absolute atomic E-state index is 4.08. The van der Waals surface area contributed by atoms with Crippen molar-refractivity contribution in [1.29, 1.82) is 0 Å². The zero-order valence-electron chi connectivity index (χ0n) is 6.71. The predicted octanol–water partition coefficient (Wildman–Crippen LogP) is 1.26. The van der Waals surface area contributed by atoms with E-state index in [-0.39, 0.29) is 0 Å². The van der Waals surface area contributed by atoms with Gasteiger partial charge in [-0.15, -0.1) is 0 Å². The zero-order chi connectivity index (χ0) is 8.55. The van der Waals surface area contributed by atoms with Crippen molar-refractivity contribution in [3.8, 4) is 0 Å². The van der Waals surface area contributed by atoms with E-state index in [1.807, 2.05) is 18.5 Å². The quantitative estimate of drug-likeness (QED) is 0.609. The third-order valence-electron chi connectivity index (χ3n) is 1.98. The Morgan fingerprint density at radius 3 is 2.75 bits per heavy atom. The molecule has 0 aliphatic rings. The highest BCUT2D eigenvalue weighted by atomic mass is 79.9. The van der Waals surface area contributed by atoms with Crippen LogP contribution < -0.4 is 5.46 Å². The Balaban J connectivity index is 2.95. The number of rotatable bonds is 0. The van der Waals surface area contributed by atoms with Crippen LogP contribution in [0.4, 0.5) is 0 Å². The summed E-state index contributed by atoms with van der Waals surface area (Å²) in [6.07, 6.45) is 3.70. The summed E-state index contributed by atoms with van der Waals surface area (Å²) >= 11 is 3.49. The van der Waals surface area contributed by atoms with Gasteiger partial charge in [-0.1, -0.05) is 27.5 Å². The molecule has 0 saturated carbocycles. The van der Waals surface area contributed by atoms with Crippen LogP contribution in [0.15, 0.2) is 35.1 Å². The zero-order valence-corrected chi connectivity index (χ0v) is 8.30. The summed E-state index contributed by atoms with van der Waals surface area (Å²) in [7, 11) is 2.11. The normalized spacial score (nSPS) is 10.4. The molecule has 1 aromatic heterocycles. The second-order valence-corrected chi connectivity index (χ2v) is 3.64. The van der Waals surface area contributed by atoms with E-state index in [1.54, 1.807) is 0 Å². The first-order chi connectivity index (χ1) is 5.79. The third kappa shape index (κ3) is 1.14. The van der Waals surface area contributed by atoms with Crippen molar-refractivity contribution in [2.45, 2.75) is 0 Å². The molecule has 3 heteroatoms. The molecule has 0 spiro atoms. The fraction of sp³-hybridized carbons (Fsp3) is 0. The summed E-state index contributed by atoms with van der Waals surface area (Å²) in [6.45, 7) is 0. The van der Waals surface area contributed by atoms with Gasteiger partial charge in [0, 0.05) is 22.3 Å². The van der Waals surface area contributed by atoms with E-state index in [9.17, 15) is 0 Å². The number of aromatic nitrogens is 1. The van der Waals surface area contributed by atoms with Crippen LogP contribution in [-0.4, -0.2) is 12.8 Å². The highest BCUT2D eigenvalue weighted by Gasteiger charge is 1.99. The van der Waals surface area contributed by atoms with Crippen LogP contribution in [-0.2, 0) is 0 Å². The van der Waals surface area contributed by atoms with Gasteiger partial charge in [-0.2, -0.15) is 0 Å². The van der Waals surface area contributed by atoms with Crippen LogP contribution in [0.1, 0.15) is 0 Å². The number of nitrogens with zero attached hydrogens (tertiary/aromatic N) is 1. The minimum absolute atomic E-state index is 1.11. The summed E-state index contributed by atoms with van der Waals surface area (Å²) in [6, 6.07) is 6.20. The fourth-order valence-corrected chi connectivity index (χ4v) is 1.75. The van der Waals surface area contributed by atoms with E-state index in [1.165, 1.54) is 16.2 Å². The minimum atomic E-state index is 1.11. The van der Waals surface area contributed by atoms with Gasteiger partial charge in [-0.05, 0) is 17.5 Å². The molecule has 12 heavy (non-hydrogen) atoms. The molecule has 0 atom stereocenters. The lowest BCUT2D eigenvalue weighted by molar-refractivity contribution is 1.36. The van der Waals surface area contributed by atoms with Crippen LogP contribution in [0.25, 0.3) is 10.8 Å². The number of benzene rings is 1. The van der Waals surface area contributed by atoms with Crippen LogP contribution in [0.3, 0.4) is 0 Å². The first-order valence-corrected chi connectivity index (χ1v) is 4.57. The lowest BCUT2D eigenvalue weighted by Crippen LogP contribution is -2.02. The molecular weight excluding hydrogens is 213 g/mol. The first-order valence-electron chi connectivity index (χ1n) is 3.78. The van der Waals surface area contributed by atoms with Gasteiger partial charge in [-0.3, -0.25) is 4.98 Å². The molecule has 0 bridgehead atoms. The number of fused-ring (bicyclic) bond motifs is 1. The Labute approximate surface area is 80.4 Å². The SMILES string of the molecule is Bc1ccc(Br)c2cnccc12. The van der Waals surface area contributed by atoms with E-state index in [2.05, 4.69) is 40.9 Å². The molecule has 1 nitrogen and oxygen atoms in total. The molecule has 2 rings (SSSR count). The van der Waals surface area contributed by atoms with Crippen molar-refractivity contribution in [2.24, 2.45) is 0 Å². The van der Waals surface area contributed by atoms with Gasteiger partial charge in [0.05, 0.1) is 0 Å². The van der Waals surface area contributed by atoms with Crippen LogP contribution >= 0.6 is 15.9 Å². The van der Waals surface area contributed by atoms with Gasteiger partial charge in [0.2, 0.25) is 0 Å². The fourth-order valence-electron chi connectivity index (χ4n) is 1.31. The standard InChI is InChI=1S/C9H7BBrN/c10-8-1-2-9(11)7-5-12-4-3-6(7)8/h1-5H,10H2. The topological polar surface area (TPSA) is 12.9 Å². The minimum Gasteiger partial charge on any atom is -0.264 e. The Morgan fingerprint density at radius 1 is 1.17 bits per heavy atom.